The van der Waals surface area contributed by atoms with E-state index in [1.807, 2.05) is 57.3 Å². The van der Waals surface area contributed by atoms with Gasteiger partial charge < -0.3 is 9.15 Å². The number of aryl methyl sites for hydroxylation is 2. The fraction of sp³-hybridized carbons (Fsp3) is 0.200. The lowest BCUT2D eigenvalue weighted by Crippen LogP contribution is -2.08. The zero-order valence-corrected chi connectivity index (χ0v) is 18.8. The van der Waals surface area contributed by atoms with Gasteiger partial charge in [-0.1, -0.05) is 30.3 Å². The maximum atomic E-state index is 12.6. The van der Waals surface area contributed by atoms with Crippen LogP contribution in [-0.4, -0.2) is 17.5 Å². The average Bonchev–Trinajstić information content (AvgIpc) is 3.36. The van der Waals surface area contributed by atoms with Crippen molar-refractivity contribution < 1.29 is 13.9 Å². The first-order valence-electron chi connectivity index (χ1n) is 10.1. The molecule has 0 aliphatic rings. The maximum absolute atomic E-state index is 12.6. The molecule has 0 spiro atoms. The van der Waals surface area contributed by atoms with E-state index in [1.165, 1.54) is 11.3 Å². The van der Waals surface area contributed by atoms with Gasteiger partial charge in [-0.25, -0.2) is 4.98 Å². The molecule has 31 heavy (non-hydrogen) atoms. The van der Waals surface area contributed by atoms with E-state index in [2.05, 4.69) is 22.4 Å². The van der Waals surface area contributed by atoms with Crippen LogP contribution in [-0.2, 0) is 4.79 Å². The fourth-order valence-electron chi connectivity index (χ4n) is 3.61. The van der Waals surface area contributed by atoms with E-state index < -0.39 is 0 Å². The molecule has 5 nitrogen and oxygen atoms in total. The lowest BCUT2D eigenvalue weighted by molar-refractivity contribution is -0.111. The number of carbonyl (C=O) groups excluding carboxylic acids is 1. The number of allylic oxidation sites excluding steroid dienone is 1. The molecule has 0 atom stereocenters. The Morgan fingerprint density at radius 1 is 1.26 bits per heavy atom. The van der Waals surface area contributed by atoms with Crippen molar-refractivity contribution in [2.24, 2.45) is 0 Å². The number of ether oxygens (including phenoxy) is 1. The van der Waals surface area contributed by atoms with Crippen molar-refractivity contribution in [2.45, 2.75) is 27.7 Å². The predicted molar refractivity (Wildman–Crippen MR) is 127 cm³/mol. The van der Waals surface area contributed by atoms with Gasteiger partial charge in [-0.2, -0.15) is 0 Å². The van der Waals surface area contributed by atoms with Crippen molar-refractivity contribution in [3.63, 3.8) is 0 Å². The summed E-state index contributed by atoms with van der Waals surface area (Å²) in [6.45, 7) is 8.26. The summed E-state index contributed by atoms with van der Waals surface area (Å²) in [5.74, 6) is 0.512. The highest BCUT2D eigenvalue weighted by Crippen LogP contribution is 2.40. The first-order chi connectivity index (χ1) is 15.0. The third-order valence-electron chi connectivity index (χ3n) is 5.04. The highest BCUT2D eigenvalue weighted by molar-refractivity contribution is 7.13. The first kappa shape index (κ1) is 20.9. The Bertz CT molecular complexity index is 1270. The standard InChI is InChI=1S/C25H24N2O3S/c1-5-29-23-17(4)24-20(21(13-30-24)18-9-7-6-8-10-18)12-19(23)15(2)11-22(28)27-25-26-16(3)14-31-25/h6-14H,5H2,1-4H3,(H,26,27,28)/b15-11+. The number of hydrogen-bond acceptors (Lipinski definition) is 5. The minimum Gasteiger partial charge on any atom is -0.493 e. The highest BCUT2D eigenvalue weighted by atomic mass is 32.1. The molecule has 2 aromatic heterocycles. The number of hydrogen-bond donors (Lipinski definition) is 1. The van der Waals surface area contributed by atoms with E-state index in [0.29, 0.717) is 11.7 Å². The fourth-order valence-corrected chi connectivity index (χ4v) is 4.30. The third-order valence-corrected chi connectivity index (χ3v) is 5.91. The molecule has 2 heterocycles. The molecule has 0 bridgehead atoms. The number of amides is 1. The molecule has 0 fully saturated rings. The van der Waals surface area contributed by atoms with Crippen molar-refractivity contribution >= 4 is 38.9 Å². The molecule has 1 N–H and O–H groups in total. The van der Waals surface area contributed by atoms with E-state index >= 15 is 0 Å². The van der Waals surface area contributed by atoms with Crippen LogP contribution in [0.15, 0.2) is 58.5 Å². The van der Waals surface area contributed by atoms with Crippen LogP contribution in [0.2, 0.25) is 0 Å². The Hall–Kier alpha value is -3.38. The molecule has 158 valence electrons. The highest BCUT2D eigenvalue weighted by Gasteiger charge is 2.19. The molecule has 0 aliphatic carbocycles. The summed E-state index contributed by atoms with van der Waals surface area (Å²) in [6, 6.07) is 12.2. The van der Waals surface area contributed by atoms with E-state index in [9.17, 15) is 4.79 Å². The Balaban J connectivity index is 1.79. The Morgan fingerprint density at radius 2 is 2.03 bits per heavy atom. The SMILES string of the molecule is CCOc1c(/C(C)=C/C(=O)Nc2nc(C)cs2)cc2c(-c3ccccc3)coc2c1C. The molecule has 1 amide bonds. The van der Waals surface area contributed by atoms with Gasteiger partial charge in [0.15, 0.2) is 5.13 Å². The summed E-state index contributed by atoms with van der Waals surface area (Å²) in [5, 5.41) is 6.31. The molecule has 0 unspecified atom stereocenters. The molecule has 0 saturated carbocycles. The van der Waals surface area contributed by atoms with Crippen molar-refractivity contribution in [3.8, 4) is 16.9 Å². The Morgan fingerprint density at radius 3 is 2.71 bits per heavy atom. The van der Waals surface area contributed by atoms with Crippen molar-refractivity contribution in [1.29, 1.82) is 0 Å². The molecule has 0 radical (unpaired) electrons. The van der Waals surface area contributed by atoms with Gasteiger partial charge in [0.25, 0.3) is 0 Å². The number of fused-ring (bicyclic) bond motifs is 1. The van der Waals surface area contributed by atoms with Crippen LogP contribution in [0.4, 0.5) is 5.13 Å². The topological polar surface area (TPSA) is 64.4 Å². The number of thiazole rings is 1. The number of nitrogens with one attached hydrogen (secondary N) is 1. The largest absolute Gasteiger partial charge is 0.493 e. The summed E-state index contributed by atoms with van der Waals surface area (Å²) < 4.78 is 11.9. The Labute approximate surface area is 185 Å². The number of anilines is 1. The zero-order valence-electron chi connectivity index (χ0n) is 18.0. The van der Waals surface area contributed by atoms with Gasteiger partial charge in [-0.3, -0.25) is 10.1 Å². The van der Waals surface area contributed by atoms with Crippen molar-refractivity contribution in [1.82, 2.24) is 4.98 Å². The van der Waals surface area contributed by atoms with E-state index in [-0.39, 0.29) is 5.91 Å². The number of benzene rings is 2. The van der Waals surface area contributed by atoms with Crippen molar-refractivity contribution in [2.75, 3.05) is 11.9 Å². The number of carbonyl (C=O) groups is 1. The van der Waals surface area contributed by atoms with Gasteiger partial charge in [0.2, 0.25) is 5.91 Å². The predicted octanol–water partition coefficient (Wildman–Crippen LogP) is 6.61. The molecule has 4 aromatic rings. The van der Waals surface area contributed by atoms with Gasteiger partial charge in [0.1, 0.15) is 11.3 Å². The summed E-state index contributed by atoms with van der Waals surface area (Å²) in [5.41, 5.74) is 6.36. The molecular formula is C25H24N2O3S. The van der Waals surface area contributed by atoms with E-state index in [1.54, 1.807) is 12.3 Å². The second-order valence-corrected chi connectivity index (χ2v) is 8.17. The molecule has 0 saturated heterocycles. The molecule has 2 aromatic carbocycles. The smallest absolute Gasteiger partial charge is 0.250 e. The van der Waals surface area contributed by atoms with Gasteiger partial charge in [0.05, 0.1) is 18.6 Å². The number of aromatic nitrogens is 1. The quantitative estimate of drug-likeness (QED) is 0.348. The molecule has 0 aliphatic heterocycles. The maximum Gasteiger partial charge on any atom is 0.250 e. The van der Waals surface area contributed by atoms with Gasteiger partial charge in [-0.05, 0) is 44.9 Å². The first-order valence-corrected chi connectivity index (χ1v) is 11.0. The van der Waals surface area contributed by atoms with E-state index in [0.717, 1.165) is 50.2 Å². The van der Waals surface area contributed by atoms with Crippen LogP contribution in [0.25, 0.3) is 27.7 Å². The number of nitrogens with zero attached hydrogens (tertiary/aromatic N) is 1. The van der Waals surface area contributed by atoms with Gasteiger partial charge >= 0.3 is 0 Å². The monoisotopic (exact) mass is 432 g/mol. The summed E-state index contributed by atoms with van der Waals surface area (Å²) >= 11 is 1.41. The Kier molecular flexibility index (Phi) is 5.91. The van der Waals surface area contributed by atoms with Crippen LogP contribution in [0, 0.1) is 13.8 Å². The van der Waals surface area contributed by atoms with Gasteiger partial charge in [-0.15, -0.1) is 11.3 Å². The van der Waals surface area contributed by atoms with E-state index in [4.69, 9.17) is 9.15 Å². The third kappa shape index (κ3) is 4.25. The minimum atomic E-state index is -0.220. The molecule has 4 rings (SSSR count). The number of rotatable bonds is 6. The average molecular weight is 433 g/mol. The molecular weight excluding hydrogens is 408 g/mol. The number of furan rings is 1. The van der Waals surface area contributed by atoms with Gasteiger partial charge in [0, 0.05) is 33.5 Å². The summed E-state index contributed by atoms with van der Waals surface area (Å²) in [4.78, 5) is 16.9. The lowest BCUT2D eigenvalue weighted by atomic mass is 9.96. The molecule has 6 heteroatoms. The minimum absolute atomic E-state index is 0.220. The summed E-state index contributed by atoms with van der Waals surface area (Å²) in [7, 11) is 0. The van der Waals surface area contributed by atoms with Crippen LogP contribution in [0.3, 0.4) is 0 Å². The second kappa shape index (κ2) is 8.78. The lowest BCUT2D eigenvalue weighted by Gasteiger charge is -2.15. The van der Waals surface area contributed by atoms with Crippen LogP contribution in [0.1, 0.15) is 30.7 Å². The van der Waals surface area contributed by atoms with Crippen LogP contribution in [0.5, 0.6) is 5.75 Å². The van der Waals surface area contributed by atoms with Crippen LogP contribution < -0.4 is 10.1 Å². The van der Waals surface area contributed by atoms with Crippen molar-refractivity contribution in [3.05, 3.63) is 70.9 Å². The summed E-state index contributed by atoms with van der Waals surface area (Å²) in [6.07, 6.45) is 3.37. The normalized spacial score (nSPS) is 11.7. The van der Waals surface area contributed by atoms with Crippen LogP contribution >= 0.6 is 11.3 Å². The second-order valence-electron chi connectivity index (χ2n) is 7.31. The zero-order chi connectivity index (χ0) is 22.0.